The maximum absolute atomic E-state index is 14.8. The number of aliphatic hydroxyl groups excluding tert-OH is 1. The fraction of sp³-hybridized carbons (Fsp3) is 0.143. The number of amides is 1. The first-order valence-corrected chi connectivity index (χ1v) is 10.4. The van der Waals surface area contributed by atoms with Gasteiger partial charge in [-0.1, -0.05) is 22.0 Å². The van der Waals surface area contributed by atoms with E-state index in [1.54, 1.807) is 13.0 Å². The van der Waals surface area contributed by atoms with Crippen molar-refractivity contribution in [2.75, 3.05) is 0 Å². The summed E-state index contributed by atoms with van der Waals surface area (Å²) in [6.45, 7) is 1.81. The molecule has 1 aliphatic heterocycles. The summed E-state index contributed by atoms with van der Waals surface area (Å²) < 4.78 is 20.8. The Morgan fingerprint density at radius 2 is 2.10 bits per heavy atom. The number of halogens is 2. The molecule has 1 atom stereocenters. The fourth-order valence-electron chi connectivity index (χ4n) is 3.36. The van der Waals surface area contributed by atoms with Crippen molar-refractivity contribution in [1.82, 2.24) is 4.90 Å². The number of benzene rings is 1. The van der Waals surface area contributed by atoms with Gasteiger partial charge in [0.1, 0.15) is 11.6 Å². The van der Waals surface area contributed by atoms with E-state index < -0.39 is 29.3 Å². The van der Waals surface area contributed by atoms with Gasteiger partial charge in [-0.3, -0.25) is 9.59 Å². The van der Waals surface area contributed by atoms with E-state index in [9.17, 15) is 19.1 Å². The Kier molecular flexibility index (Phi) is 5.14. The second kappa shape index (κ2) is 7.61. The molecule has 0 spiro atoms. The Balaban J connectivity index is 1.85. The molecule has 3 aromatic rings. The molecule has 1 amide bonds. The molecule has 0 bridgehead atoms. The quantitative estimate of drug-likeness (QED) is 0.506. The molecule has 8 heteroatoms. The zero-order chi connectivity index (χ0) is 20.7. The van der Waals surface area contributed by atoms with E-state index in [2.05, 4.69) is 15.9 Å². The summed E-state index contributed by atoms with van der Waals surface area (Å²) in [6.07, 6.45) is 0. The molecule has 0 radical (unpaired) electrons. The van der Waals surface area contributed by atoms with Crippen LogP contribution in [0, 0.1) is 12.7 Å². The molecule has 1 aromatic carbocycles. The standard InChI is InChI=1S/C21H15BrFNO4S/c1-11-4-7-16(28-11)19(25)17-18(14-9-12(22)5-6-15(14)23)24(21(27)20(17)26)10-13-3-2-8-29-13/h2-9,18,26H,10H2,1H3. The summed E-state index contributed by atoms with van der Waals surface area (Å²) in [5.41, 5.74) is -0.0853. The van der Waals surface area contributed by atoms with E-state index in [0.717, 1.165) is 4.88 Å². The highest BCUT2D eigenvalue weighted by molar-refractivity contribution is 9.10. The van der Waals surface area contributed by atoms with Crippen LogP contribution in [-0.4, -0.2) is 21.7 Å². The van der Waals surface area contributed by atoms with E-state index in [0.29, 0.717) is 10.2 Å². The maximum Gasteiger partial charge on any atom is 0.290 e. The second-order valence-electron chi connectivity index (χ2n) is 6.58. The number of carbonyl (C=O) groups is 2. The highest BCUT2D eigenvalue weighted by Crippen LogP contribution is 2.42. The lowest BCUT2D eigenvalue weighted by atomic mass is 9.94. The average Bonchev–Trinajstić information content (AvgIpc) is 3.41. The van der Waals surface area contributed by atoms with E-state index in [1.165, 1.54) is 40.5 Å². The Bertz CT molecular complexity index is 1140. The predicted octanol–water partition coefficient (Wildman–Crippen LogP) is 5.33. The molecule has 0 fully saturated rings. The Morgan fingerprint density at radius 1 is 1.31 bits per heavy atom. The summed E-state index contributed by atoms with van der Waals surface area (Å²) in [7, 11) is 0. The lowest BCUT2D eigenvalue weighted by Gasteiger charge is -2.26. The molecule has 3 heterocycles. The third-order valence-corrected chi connectivity index (χ3v) is 6.03. The number of aryl methyl sites for hydroxylation is 1. The van der Waals surface area contributed by atoms with Gasteiger partial charge in [-0.05, 0) is 48.7 Å². The summed E-state index contributed by atoms with van der Waals surface area (Å²) >= 11 is 4.74. The highest BCUT2D eigenvalue weighted by Gasteiger charge is 2.45. The number of thiophene rings is 1. The molecule has 0 saturated heterocycles. The summed E-state index contributed by atoms with van der Waals surface area (Å²) in [5.74, 6) is -2.16. The molecule has 0 aliphatic carbocycles. The van der Waals surface area contributed by atoms with Crippen molar-refractivity contribution in [3.05, 3.63) is 91.4 Å². The number of aliphatic hydroxyl groups is 1. The van der Waals surface area contributed by atoms with Crippen LogP contribution in [0.3, 0.4) is 0 Å². The number of hydrogen-bond donors (Lipinski definition) is 1. The van der Waals surface area contributed by atoms with Crippen molar-refractivity contribution >= 4 is 39.0 Å². The monoisotopic (exact) mass is 475 g/mol. The van der Waals surface area contributed by atoms with Gasteiger partial charge in [0, 0.05) is 14.9 Å². The number of carbonyl (C=O) groups excluding carboxylic acids is 2. The smallest absolute Gasteiger partial charge is 0.290 e. The molecule has 0 saturated carbocycles. The molecule has 29 heavy (non-hydrogen) atoms. The lowest BCUT2D eigenvalue weighted by molar-refractivity contribution is -0.130. The lowest BCUT2D eigenvalue weighted by Crippen LogP contribution is -2.31. The van der Waals surface area contributed by atoms with Crippen LogP contribution in [0.2, 0.25) is 0 Å². The SMILES string of the molecule is Cc1ccc(C(=O)C2=C(O)C(=O)N(Cc3cccs3)C2c2cc(Br)ccc2F)o1. The first-order chi connectivity index (χ1) is 13.9. The third-order valence-electron chi connectivity index (χ3n) is 4.67. The van der Waals surface area contributed by atoms with Crippen LogP contribution in [0.5, 0.6) is 0 Å². The number of nitrogens with zero attached hydrogens (tertiary/aromatic N) is 1. The van der Waals surface area contributed by atoms with E-state index in [1.807, 2.05) is 17.5 Å². The van der Waals surface area contributed by atoms with Gasteiger partial charge in [-0.2, -0.15) is 0 Å². The molecule has 5 nitrogen and oxygen atoms in total. The van der Waals surface area contributed by atoms with Crippen LogP contribution in [0.25, 0.3) is 0 Å². The van der Waals surface area contributed by atoms with Crippen LogP contribution < -0.4 is 0 Å². The normalized spacial score (nSPS) is 16.7. The van der Waals surface area contributed by atoms with E-state index >= 15 is 0 Å². The molecular weight excluding hydrogens is 461 g/mol. The number of Topliss-reactive ketones (excluding diaryl/α,β-unsaturated/α-hetero) is 1. The van der Waals surface area contributed by atoms with Crippen LogP contribution >= 0.6 is 27.3 Å². The number of ketones is 1. The van der Waals surface area contributed by atoms with Crippen molar-refractivity contribution in [3.8, 4) is 0 Å². The first kappa shape index (κ1) is 19.6. The van der Waals surface area contributed by atoms with Crippen molar-refractivity contribution in [1.29, 1.82) is 0 Å². The van der Waals surface area contributed by atoms with Crippen LogP contribution in [0.1, 0.15) is 32.8 Å². The second-order valence-corrected chi connectivity index (χ2v) is 8.53. The van der Waals surface area contributed by atoms with E-state index in [4.69, 9.17) is 4.42 Å². The Hall–Kier alpha value is -2.71. The number of furan rings is 1. The van der Waals surface area contributed by atoms with Gasteiger partial charge in [-0.25, -0.2) is 4.39 Å². The van der Waals surface area contributed by atoms with Gasteiger partial charge in [0.2, 0.25) is 5.78 Å². The zero-order valence-electron chi connectivity index (χ0n) is 15.2. The minimum atomic E-state index is -1.08. The van der Waals surface area contributed by atoms with Crippen LogP contribution in [-0.2, 0) is 11.3 Å². The third kappa shape index (κ3) is 3.54. The maximum atomic E-state index is 14.8. The number of rotatable bonds is 5. The molecule has 1 unspecified atom stereocenters. The average molecular weight is 476 g/mol. The molecule has 148 valence electrons. The van der Waals surface area contributed by atoms with Crippen LogP contribution in [0.15, 0.2) is 68.1 Å². The fourth-order valence-corrected chi connectivity index (χ4v) is 4.44. The van der Waals surface area contributed by atoms with Crippen molar-refractivity contribution in [2.45, 2.75) is 19.5 Å². The minimum absolute atomic E-state index is 0.0183. The predicted molar refractivity (Wildman–Crippen MR) is 109 cm³/mol. The molecule has 1 aliphatic rings. The highest BCUT2D eigenvalue weighted by atomic mass is 79.9. The summed E-state index contributed by atoms with van der Waals surface area (Å²) in [4.78, 5) is 28.1. The van der Waals surface area contributed by atoms with Crippen LogP contribution in [0.4, 0.5) is 4.39 Å². The molecule has 4 rings (SSSR count). The van der Waals surface area contributed by atoms with E-state index in [-0.39, 0.29) is 23.4 Å². The molecule has 2 aromatic heterocycles. The summed E-state index contributed by atoms with van der Waals surface area (Å²) in [6, 6.07) is 9.95. The number of hydrogen-bond acceptors (Lipinski definition) is 5. The van der Waals surface area contributed by atoms with Gasteiger partial charge >= 0.3 is 0 Å². The largest absolute Gasteiger partial charge is 0.503 e. The Labute approximate surface area is 178 Å². The Morgan fingerprint density at radius 3 is 2.76 bits per heavy atom. The van der Waals surface area contributed by atoms with Crippen molar-refractivity contribution in [3.63, 3.8) is 0 Å². The minimum Gasteiger partial charge on any atom is -0.503 e. The topological polar surface area (TPSA) is 70.8 Å². The zero-order valence-corrected chi connectivity index (χ0v) is 17.6. The van der Waals surface area contributed by atoms with Crippen molar-refractivity contribution in [2.24, 2.45) is 0 Å². The van der Waals surface area contributed by atoms with Gasteiger partial charge in [0.25, 0.3) is 5.91 Å². The molecular formula is C21H15BrFNO4S. The molecule has 1 N–H and O–H groups in total. The summed E-state index contributed by atoms with van der Waals surface area (Å²) in [5, 5.41) is 12.4. The van der Waals surface area contributed by atoms with Gasteiger partial charge < -0.3 is 14.4 Å². The van der Waals surface area contributed by atoms with Gasteiger partial charge in [0.15, 0.2) is 11.5 Å². The van der Waals surface area contributed by atoms with Gasteiger partial charge in [0.05, 0.1) is 18.2 Å². The van der Waals surface area contributed by atoms with Gasteiger partial charge in [-0.15, -0.1) is 11.3 Å². The van der Waals surface area contributed by atoms with Crippen molar-refractivity contribution < 1.29 is 23.5 Å². The first-order valence-electron chi connectivity index (χ1n) is 8.69.